The van der Waals surface area contributed by atoms with E-state index < -0.39 is 0 Å². The number of halogens is 1. The van der Waals surface area contributed by atoms with Crippen LogP contribution < -0.4 is 10.6 Å². The summed E-state index contributed by atoms with van der Waals surface area (Å²) in [6, 6.07) is 11.6. The molecular weight excluding hydrogens is 450 g/mol. The molecule has 1 amide bonds. The summed E-state index contributed by atoms with van der Waals surface area (Å²) in [6.45, 7) is 1.90. The van der Waals surface area contributed by atoms with E-state index >= 15 is 0 Å². The van der Waals surface area contributed by atoms with Crippen molar-refractivity contribution >= 4 is 52.1 Å². The number of Topliss-reactive ketones (excluding diaryl/α,β-unsaturated/α-hetero) is 1. The van der Waals surface area contributed by atoms with E-state index in [1.54, 1.807) is 12.1 Å². The minimum Gasteiger partial charge on any atom is -0.352 e. The number of amides is 1. The van der Waals surface area contributed by atoms with Gasteiger partial charge in [-0.05, 0) is 48.9 Å². The second-order valence-electron chi connectivity index (χ2n) is 7.40. The van der Waals surface area contributed by atoms with Crippen molar-refractivity contribution in [3.63, 3.8) is 0 Å². The SMILES string of the molecule is Cc1ccc(NC(=O)CSC2=C(C#N)C(c3cccs3)C3=C(CCCC3=O)N2)cc1Cl. The minimum absolute atomic E-state index is 0.0953. The zero-order valence-corrected chi connectivity index (χ0v) is 19.2. The number of nitriles is 1. The average Bonchev–Trinajstić information content (AvgIpc) is 3.28. The molecular formula is C23H20ClN3O2S2. The van der Waals surface area contributed by atoms with Gasteiger partial charge in [-0.2, -0.15) is 5.26 Å². The molecule has 4 rings (SSSR count). The van der Waals surface area contributed by atoms with Crippen molar-refractivity contribution in [2.45, 2.75) is 32.1 Å². The van der Waals surface area contributed by atoms with Crippen molar-refractivity contribution < 1.29 is 9.59 Å². The molecule has 5 nitrogen and oxygen atoms in total. The Hall–Kier alpha value is -2.53. The maximum absolute atomic E-state index is 12.7. The summed E-state index contributed by atoms with van der Waals surface area (Å²) in [7, 11) is 0. The molecule has 0 saturated heterocycles. The Morgan fingerprint density at radius 2 is 2.23 bits per heavy atom. The number of dihydropyridines is 1. The lowest BCUT2D eigenvalue weighted by Crippen LogP contribution is -2.31. The molecule has 1 aromatic heterocycles. The summed E-state index contributed by atoms with van der Waals surface area (Å²) in [5, 5.41) is 19.3. The number of allylic oxidation sites excluding steroid dienone is 3. The summed E-state index contributed by atoms with van der Waals surface area (Å²) in [5.41, 5.74) is 3.64. The van der Waals surface area contributed by atoms with Gasteiger partial charge in [-0.1, -0.05) is 35.5 Å². The third-order valence-corrected chi connectivity index (χ3v) is 7.66. The molecule has 1 aliphatic heterocycles. The Kier molecular flexibility index (Phi) is 6.51. The van der Waals surface area contributed by atoms with Crippen molar-refractivity contribution in [1.82, 2.24) is 5.32 Å². The Morgan fingerprint density at radius 3 is 2.94 bits per heavy atom. The van der Waals surface area contributed by atoms with Crippen LogP contribution in [0.4, 0.5) is 5.69 Å². The highest BCUT2D eigenvalue weighted by atomic mass is 35.5. The number of nitrogens with zero attached hydrogens (tertiary/aromatic N) is 1. The highest BCUT2D eigenvalue weighted by Gasteiger charge is 2.37. The number of hydrogen-bond acceptors (Lipinski definition) is 6. The maximum atomic E-state index is 12.7. The van der Waals surface area contributed by atoms with Crippen LogP contribution in [-0.4, -0.2) is 17.4 Å². The van der Waals surface area contributed by atoms with E-state index in [0.717, 1.165) is 29.0 Å². The molecule has 0 bridgehead atoms. The van der Waals surface area contributed by atoms with Gasteiger partial charge in [0.1, 0.15) is 0 Å². The van der Waals surface area contributed by atoms with Crippen LogP contribution in [0, 0.1) is 18.3 Å². The summed E-state index contributed by atoms with van der Waals surface area (Å²) >= 11 is 8.95. The molecule has 2 N–H and O–H groups in total. The Balaban J connectivity index is 1.56. The molecule has 8 heteroatoms. The monoisotopic (exact) mass is 469 g/mol. The van der Waals surface area contributed by atoms with Crippen LogP contribution in [0.5, 0.6) is 0 Å². The zero-order valence-electron chi connectivity index (χ0n) is 16.8. The van der Waals surface area contributed by atoms with Crippen molar-refractivity contribution in [3.8, 4) is 6.07 Å². The molecule has 0 fully saturated rings. The lowest BCUT2D eigenvalue weighted by molar-refractivity contribution is -0.116. The van der Waals surface area contributed by atoms with Crippen LogP contribution in [0.25, 0.3) is 0 Å². The van der Waals surface area contributed by atoms with E-state index in [2.05, 4.69) is 16.7 Å². The molecule has 2 aromatic rings. The molecule has 0 saturated carbocycles. The number of aryl methyl sites for hydroxylation is 1. The predicted molar refractivity (Wildman–Crippen MR) is 126 cm³/mol. The fraction of sp³-hybridized carbons (Fsp3) is 0.261. The quantitative estimate of drug-likeness (QED) is 0.603. The van der Waals surface area contributed by atoms with Gasteiger partial charge in [-0.15, -0.1) is 11.3 Å². The zero-order chi connectivity index (χ0) is 22.0. The second-order valence-corrected chi connectivity index (χ2v) is 9.77. The number of ketones is 1. The first-order valence-corrected chi connectivity index (χ1v) is 12.1. The van der Waals surface area contributed by atoms with Crippen LogP contribution in [0.1, 0.15) is 35.6 Å². The van der Waals surface area contributed by atoms with Crippen LogP contribution >= 0.6 is 34.7 Å². The molecule has 1 aliphatic carbocycles. The van der Waals surface area contributed by atoms with Gasteiger partial charge in [0.25, 0.3) is 0 Å². The van der Waals surface area contributed by atoms with Gasteiger partial charge in [-0.3, -0.25) is 9.59 Å². The van der Waals surface area contributed by atoms with Gasteiger partial charge >= 0.3 is 0 Å². The fourth-order valence-electron chi connectivity index (χ4n) is 3.78. The number of benzene rings is 1. The van der Waals surface area contributed by atoms with Gasteiger partial charge in [0.2, 0.25) is 5.91 Å². The van der Waals surface area contributed by atoms with E-state index in [4.69, 9.17) is 11.6 Å². The lowest BCUT2D eigenvalue weighted by Gasteiger charge is -2.32. The van der Waals surface area contributed by atoms with Crippen molar-refractivity contribution in [2.24, 2.45) is 0 Å². The molecule has 0 radical (unpaired) electrons. The molecule has 1 aromatic carbocycles. The van der Waals surface area contributed by atoms with Crippen molar-refractivity contribution in [2.75, 3.05) is 11.1 Å². The first-order chi connectivity index (χ1) is 15.0. The van der Waals surface area contributed by atoms with Crippen LogP contribution in [-0.2, 0) is 9.59 Å². The molecule has 1 atom stereocenters. The topological polar surface area (TPSA) is 82.0 Å². The molecule has 2 aliphatic rings. The predicted octanol–water partition coefficient (Wildman–Crippen LogP) is 5.51. The van der Waals surface area contributed by atoms with Crippen LogP contribution in [0.2, 0.25) is 5.02 Å². The molecule has 2 heterocycles. The number of rotatable bonds is 5. The smallest absolute Gasteiger partial charge is 0.234 e. The number of thioether (sulfide) groups is 1. The third-order valence-electron chi connectivity index (χ3n) is 5.29. The van der Waals surface area contributed by atoms with Crippen LogP contribution in [0.3, 0.4) is 0 Å². The largest absolute Gasteiger partial charge is 0.352 e. The van der Waals surface area contributed by atoms with Gasteiger partial charge in [-0.25, -0.2) is 0 Å². The van der Waals surface area contributed by atoms with Gasteiger partial charge in [0, 0.05) is 33.3 Å². The lowest BCUT2D eigenvalue weighted by atomic mass is 9.79. The third kappa shape index (κ3) is 4.57. The molecule has 158 valence electrons. The number of anilines is 1. The Morgan fingerprint density at radius 1 is 1.39 bits per heavy atom. The minimum atomic E-state index is -0.365. The Labute approximate surface area is 194 Å². The number of thiophene rings is 1. The molecule has 1 unspecified atom stereocenters. The first kappa shape index (κ1) is 21.7. The van der Waals surface area contributed by atoms with Crippen molar-refractivity contribution in [3.05, 3.63) is 73.0 Å². The van der Waals surface area contributed by atoms with E-state index in [1.807, 2.05) is 30.5 Å². The van der Waals surface area contributed by atoms with E-state index in [-0.39, 0.29) is 23.4 Å². The van der Waals surface area contributed by atoms with Crippen molar-refractivity contribution in [1.29, 1.82) is 5.26 Å². The highest BCUT2D eigenvalue weighted by Crippen LogP contribution is 2.45. The summed E-state index contributed by atoms with van der Waals surface area (Å²) < 4.78 is 0. The summed E-state index contributed by atoms with van der Waals surface area (Å²) in [6.07, 6.45) is 2.06. The molecule has 31 heavy (non-hydrogen) atoms. The molecule has 0 spiro atoms. The van der Waals surface area contributed by atoms with E-state index in [9.17, 15) is 14.9 Å². The maximum Gasteiger partial charge on any atom is 0.234 e. The average molecular weight is 470 g/mol. The highest BCUT2D eigenvalue weighted by molar-refractivity contribution is 8.03. The second kappa shape index (κ2) is 9.31. The number of nitrogens with one attached hydrogen (secondary N) is 2. The van der Waals surface area contributed by atoms with E-state index in [0.29, 0.717) is 33.3 Å². The number of hydrogen-bond donors (Lipinski definition) is 2. The van der Waals surface area contributed by atoms with E-state index in [1.165, 1.54) is 23.1 Å². The summed E-state index contributed by atoms with van der Waals surface area (Å²) in [5.74, 6) is -0.329. The Bertz CT molecular complexity index is 1150. The van der Waals surface area contributed by atoms with Gasteiger partial charge in [0.15, 0.2) is 5.78 Å². The van der Waals surface area contributed by atoms with Crippen LogP contribution in [0.15, 0.2) is 57.6 Å². The van der Waals surface area contributed by atoms with Gasteiger partial charge in [0.05, 0.1) is 28.3 Å². The number of carbonyl (C=O) groups excluding carboxylic acids is 2. The first-order valence-electron chi connectivity index (χ1n) is 9.87. The normalized spacial score (nSPS) is 18.4. The standard InChI is InChI=1S/C23H20ClN3O2S2/c1-13-7-8-14(10-16(13)24)26-20(29)12-31-23-15(11-25)21(19-6-3-9-30-19)22-17(27-23)4-2-5-18(22)28/h3,6-10,21,27H,2,4-5,12H2,1H3,(H,26,29). The van der Waals surface area contributed by atoms with Gasteiger partial charge < -0.3 is 10.6 Å². The fourth-order valence-corrected chi connectivity index (χ4v) is 5.67. The number of carbonyl (C=O) groups is 2. The summed E-state index contributed by atoms with van der Waals surface area (Å²) in [4.78, 5) is 26.2.